The van der Waals surface area contributed by atoms with E-state index in [4.69, 9.17) is 11.6 Å². The molecule has 0 unspecified atom stereocenters. The van der Waals surface area contributed by atoms with Crippen LogP contribution in [0.1, 0.15) is 0 Å². The number of halogens is 1. The van der Waals surface area contributed by atoms with Gasteiger partial charge in [0.05, 0.1) is 5.03 Å². The molecular weight excluding hydrogens is 184 g/mol. The van der Waals surface area contributed by atoms with Crippen LogP contribution in [0.5, 0.6) is 0 Å². The number of hydrogen-bond donors (Lipinski definition) is 2. The fourth-order valence-corrected chi connectivity index (χ4v) is 0.741. The minimum atomic E-state index is -0.673. The fraction of sp³-hybridized carbons (Fsp3) is 0.333. The van der Waals surface area contributed by atoms with Crippen molar-refractivity contribution in [3.8, 4) is 0 Å². The number of carbonyl (C=O) groups excluding carboxylic acids is 2. The van der Waals surface area contributed by atoms with Crippen molar-refractivity contribution in [1.82, 2.24) is 10.8 Å². The van der Waals surface area contributed by atoms with Crippen LogP contribution in [0.25, 0.3) is 0 Å². The first kappa shape index (κ1) is 9.02. The molecule has 6 heteroatoms. The Balaban J connectivity index is 2.46. The molecule has 66 valence electrons. The van der Waals surface area contributed by atoms with E-state index in [1.807, 2.05) is 0 Å². The first-order chi connectivity index (χ1) is 5.61. The van der Waals surface area contributed by atoms with Crippen molar-refractivity contribution in [3.05, 3.63) is 11.6 Å². The number of amides is 2. The Morgan fingerprint density at radius 1 is 1.83 bits per heavy atom. The molecule has 1 fully saturated rings. The number of nitrogens with one attached hydrogen (secondary N) is 2. The summed E-state index contributed by atoms with van der Waals surface area (Å²) < 4.78 is 0. The average Bonchev–Trinajstić information content (AvgIpc) is 2.36. The Labute approximate surface area is 73.7 Å². The number of hydrogen-bond acceptors (Lipinski definition) is 3. The summed E-state index contributed by atoms with van der Waals surface area (Å²) in [6, 6.07) is -0.673. The lowest BCUT2D eigenvalue weighted by Gasteiger charge is -2.05. The molecule has 0 aromatic rings. The summed E-state index contributed by atoms with van der Waals surface area (Å²) in [7, 11) is 0. The highest BCUT2D eigenvalue weighted by atomic mass is 35.5. The van der Waals surface area contributed by atoms with Gasteiger partial charge in [-0.1, -0.05) is 18.2 Å². The van der Waals surface area contributed by atoms with Crippen molar-refractivity contribution in [3.63, 3.8) is 0 Å². The second-order valence-electron chi connectivity index (χ2n) is 2.21. The van der Waals surface area contributed by atoms with Gasteiger partial charge < -0.3 is 5.32 Å². The van der Waals surface area contributed by atoms with E-state index in [9.17, 15) is 9.59 Å². The van der Waals surface area contributed by atoms with E-state index >= 15 is 0 Å². The van der Waals surface area contributed by atoms with E-state index in [1.165, 1.54) is 0 Å². The van der Waals surface area contributed by atoms with E-state index in [1.54, 1.807) is 0 Å². The highest BCUT2D eigenvalue weighted by Crippen LogP contribution is 1.99. The minimum Gasteiger partial charge on any atom is -0.337 e. The maximum atomic E-state index is 10.9. The molecule has 1 aliphatic heterocycles. The lowest BCUT2D eigenvalue weighted by molar-refractivity contribution is -0.127. The smallest absolute Gasteiger partial charge is 0.268 e. The quantitative estimate of drug-likeness (QED) is 0.565. The SMILES string of the molecule is C=C(Cl)C(=O)N[C@@H]1CONC1=O. The van der Waals surface area contributed by atoms with Crippen LogP contribution in [0.4, 0.5) is 0 Å². The third-order valence-corrected chi connectivity index (χ3v) is 1.46. The highest BCUT2D eigenvalue weighted by Gasteiger charge is 2.27. The van der Waals surface area contributed by atoms with E-state index in [2.05, 4.69) is 22.2 Å². The molecule has 0 radical (unpaired) electrons. The van der Waals surface area contributed by atoms with Crippen LogP contribution in [0.15, 0.2) is 11.6 Å². The predicted molar refractivity (Wildman–Crippen MR) is 41.0 cm³/mol. The van der Waals surface area contributed by atoms with E-state index in [0.29, 0.717) is 0 Å². The maximum absolute atomic E-state index is 10.9. The van der Waals surface area contributed by atoms with Crippen LogP contribution in [0.3, 0.4) is 0 Å². The molecule has 0 aromatic carbocycles. The summed E-state index contributed by atoms with van der Waals surface area (Å²) in [5.74, 6) is -0.955. The van der Waals surface area contributed by atoms with Crippen LogP contribution < -0.4 is 10.8 Å². The monoisotopic (exact) mass is 190 g/mol. The van der Waals surface area contributed by atoms with Gasteiger partial charge in [0, 0.05) is 0 Å². The Bertz CT molecular complexity index is 241. The van der Waals surface area contributed by atoms with Crippen molar-refractivity contribution in [2.75, 3.05) is 6.61 Å². The molecule has 0 aliphatic carbocycles. The first-order valence-corrected chi connectivity index (χ1v) is 3.56. The molecule has 1 rings (SSSR count). The van der Waals surface area contributed by atoms with Gasteiger partial charge in [0.2, 0.25) is 0 Å². The molecule has 0 saturated carbocycles. The van der Waals surface area contributed by atoms with Crippen LogP contribution >= 0.6 is 11.6 Å². The van der Waals surface area contributed by atoms with Gasteiger partial charge in [-0.2, -0.15) is 0 Å². The zero-order valence-electron chi connectivity index (χ0n) is 6.09. The summed E-state index contributed by atoms with van der Waals surface area (Å²) in [5, 5.41) is 2.16. The van der Waals surface area contributed by atoms with Crippen LogP contribution in [-0.2, 0) is 14.4 Å². The lowest BCUT2D eigenvalue weighted by Crippen LogP contribution is -2.41. The number of rotatable bonds is 2. The maximum Gasteiger partial charge on any atom is 0.268 e. The summed E-state index contributed by atoms with van der Waals surface area (Å²) >= 11 is 5.28. The second-order valence-corrected chi connectivity index (χ2v) is 2.66. The zero-order valence-corrected chi connectivity index (χ0v) is 6.85. The minimum absolute atomic E-state index is 0.106. The fourth-order valence-electron chi connectivity index (χ4n) is 0.687. The van der Waals surface area contributed by atoms with Crippen molar-refractivity contribution in [2.45, 2.75) is 6.04 Å². The molecule has 2 N–H and O–H groups in total. The highest BCUT2D eigenvalue weighted by molar-refractivity contribution is 6.41. The van der Waals surface area contributed by atoms with E-state index in [0.717, 1.165) is 0 Å². The van der Waals surface area contributed by atoms with Crippen molar-refractivity contribution in [1.29, 1.82) is 0 Å². The second kappa shape index (κ2) is 3.55. The van der Waals surface area contributed by atoms with E-state index in [-0.39, 0.29) is 17.5 Å². The molecule has 1 saturated heterocycles. The molecule has 1 atom stereocenters. The Hall–Kier alpha value is -1.07. The molecule has 1 aliphatic rings. The van der Waals surface area contributed by atoms with Crippen molar-refractivity contribution in [2.24, 2.45) is 0 Å². The van der Waals surface area contributed by atoms with Crippen LogP contribution in [0, 0.1) is 0 Å². The zero-order chi connectivity index (χ0) is 9.14. The molecule has 0 aromatic heterocycles. The van der Waals surface area contributed by atoms with Gasteiger partial charge in [0.25, 0.3) is 11.8 Å². The van der Waals surface area contributed by atoms with Gasteiger partial charge >= 0.3 is 0 Å². The third kappa shape index (κ3) is 1.96. The van der Waals surface area contributed by atoms with E-state index < -0.39 is 11.9 Å². The summed E-state index contributed by atoms with van der Waals surface area (Å²) in [5.41, 5.74) is 2.09. The average molecular weight is 191 g/mol. The summed E-state index contributed by atoms with van der Waals surface area (Å²) in [6.45, 7) is 3.31. The molecule has 0 bridgehead atoms. The predicted octanol–water partition coefficient (Wildman–Crippen LogP) is -0.715. The van der Waals surface area contributed by atoms with Gasteiger partial charge in [-0.15, -0.1) is 0 Å². The van der Waals surface area contributed by atoms with Crippen LogP contribution in [0.2, 0.25) is 0 Å². The van der Waals surface area contributed by atoms with Gasteiger partial charge in [0.1, 0.15) is 12.6 Å². The van der Waals surface area contributed by atoms with Crippen LogP contribution in [-0.4, -0.2) is 24.5 Å². The topological polar surface area (TPSA) is 67.4 Å². The molecule has 0 spiro atoms. The summed E-state index contributed by atoms with van der Waals surface area (Å²) in [6.07, 6.45) is 0. The Morgan fingerprint density at radius 2 is 2.50 bits per heavy atom. The molecule has 5 nitrogen and oxygen atoms in total. The first-order valence-electron chi connectivity index (χ1n) is 3.18. The van der Waals surface area contributed by atoms with Gasteiger partial charge in [0.15, 0.2) is 0 Å². The summed E-state index contributed by atoms with van der Waals surface area (Å²) in [4.78, 5) is 26.2. The Morgan fingerprint density at radius 3 is 2.92 bits per heavy atom. The number of hydroxylamine groups is 1. The van der Waals surface area contributed by atoms with Gasteiger partial charge in [-0.3, -0.25) is 14.4 Å². The van der Waals surface area contributed by atoms with Gasteiger partial charge in [-0.05, 0) is 0 Å². The molecule has 2 amide bonds. The largest absolute Gasteiger partial charge is 0.337 e. The molecular formula is C6H7ClN2O3. The Kier molecular flexibility index (Phi) is 2.67. The third-order valence-electron chi connectivity index (χ3n) is 1.29. The number of carbonyl (C=O) groups is 2. The van der Waals surface area contributed by atoms with Crippen molar-refractivity contribution >= 4 is 23.4 Å². The van der Waals surface area contributed by atoms with Gasteiger partial charge in [-0.25, -0.2) is 5.48 Å². The molecule has 12 heavy (non-hydrogen) atoms. The lowest BCUT2D eigenvalue weighted by atomic mass is 10.3. The van der Waals surface area contributed by atoms with Crippen molar-refractivity contribution < 1.29 is 14.4 Å². The molecule has 1 heterocycles. The normalized spacial score (nSPS) is 21.8. The standard InChI is InChI=1S/C6H7ClN2O3/c1-3(7)5(10)8-4-2-12-9-6(4)11/h4H,1-2H2,(H,8,10)(H,9,11)/t4-/m1/s1.